The fourth-order valence-electron chi connectivity index (χ4n) is 1.73. The van der Waals surface area contributed by atoms with Gasteiger partial charge in [0.15, 0.2) is 0 Å². The maximum absolute atomic E-state index is 13.1. The molecule has 2 N–H and O–H groups in total. The number of benzene rings is 2. The van der Waals surface area contributed by atoms with Crippen LogP contribution >= 0.6 is 11.8 Å². The van der Waals surface area contributed by atoms with Crippen molar-refractivity contribution in [1.29, 1.82) is 0 Å². The molecule has 0 radical (unpaired) electrons. The van der Waals surface area contributed by atoms with Gasteiger partial charge in [-0.05, 0) is 49.2 Å². The molecule has 2 aromatic rings. The molecule has 1 nitrogen and oxygen atoms in total. The Morgan fingerprint density at radius 3 is 2.44 bits per heavy atom. The summed E-state index contributed by atoms with van der Waals surface area (Å²) in [4.78, 5) is 2.02. The molecule has 2 rings (SSSR count). The number of hydrogen-bond donors (Lipinski definition) is 1. The van der Waals surface area contributed by atoms with Crippen molar-refractivity contribution in [2.24, 2.45) is 5.73 Å². The lowest BCUT2D eigenvalue weighted by Crippen LogP contribution is -2.17. The highest BCUT2D eigenvalue weighted by Gasteiger charge is 2.01. The summed E-state index contributed by atoms with van der Waals surface area (Å²) in [6.07, 6.45) is 0.880. The van der Waals surface area contributed by atoms with Crippen LogP contribution in [0.2, 0.25) is 0 Å². The smallest absolute Gasteiger partial charge is 0.124 e. The molecule has 0 aromatic heterocycles. The van der Waals surface area contributed by atoms with Crippen LogP contribution < -0.4 is 5.73 Å². The van der Waals surface area contributed by atoms with E-state index in [1.165, 1.54) is 11.6 Å². The molecule has 0 spiro atoms. The van der Waals surface area contributed by atoms with Gasteiger partial charge in [0, 0.05) is 15.8 Å². The summed E-state index contributed by atoms with van der Waals surface area (Å²) in [6, 6.07) is 15.0. The third-order valence-electron chi connectivity index (χ3n) is 2.51. The number of rotatable bonds is 4. The second-order valence-corrected chi connectivity index (χ2v) is 5.53. The minimum absolute atomic E-state index is 0.173. The van der Waals surface area contributed by atoms with Crippen molar-refractivity contribution in [3.63, 3.8) is 0 Å². The molecule has 18 heavy (non-hydrogen) atoms. The summed E-state index contributed by atoms with van der Waals surface area (Å²) in [6.45, 7) is 2.00. The first-order valence-electron chi connectivity index (χ1n) is 5.91. The molecule has 0 amide bonds. The molecule has 0 aliphatic carbocycles. The summed E-state index contributed by atoms with van der Waals surface area (Å²) >= 11 is 1.56. The number of halogens is 1. The Morgan fingerprint density at radius 1 is 1.11 bits per heavy atom. The lowest BCUT2D eigenvalue weighted by Gasteiger charge is -2.06. The van der Waals surface area contributed by atoms with Crippen molar-refractivity contribution in [3.8, 4) is 0 Å². The highest BCUT2D eigenvalue weighted by atomic mass is 32.2. The average molecular weight is 261 g/mol. The van der Waals surface area contributed by atoms with Crippen LogP contribution in [0.4, 0.5) is 4.39 Å². The number of nitrogens with two attached hydrogens (primary N) is 1. The number of hydrogen-bond acceptors (Lipinski definition) is 2. The third kappa shape index (κ3) is 3.86. The van der Waals surface area contributed by atoms with Gasteiger partial charge in [0.25, 0.3) is 0 Å². The van der Waals surface area contributed by atoms with E-state index >= 15 is 0 Å². The Balaban J connectivity index is 2.06. The minimum atomic E-state index is -0.200. The van der Waals surface area contributed by atoms with Crippen molar-refractivity contribution in [1.82, 2.24) is 0 Å². The second kappa shape index (κ2) is 6.03. The molecule has 94 valence electrons. The van der Waals surface area contributed by atoms with Gasteiger partial charge >= 0.3 is 0 Å². The highest BCUT2D eigenvalue weighted by molar-refractivity contribution is 7.99. The van der Waals surface area contributed by atoms with Gasteiger partial charge in [-0.3, -0.25) is 0 Å². The summed E-state index contributed by atoms with van der Waals surface area (Å²) in [5, 5.41) is 0. The Hall–Kier alpha value is -1.32. The zero-order valence-electron chi connectivity index (χ0n) is 10.3. The first kappa shape index (κ1) is 13.1. The molecule has 0 aliphatic rings. The molecule has 1 atom stereocenters. The van der Waals surface area contributed by atoms with Gasteiger partial charge in [0.05, 0.1) is 0 Å². The molecule has 1 unspecified atom stereocenters. The molecule has 0 bridgehead atoms. The van der Waals surface area contributed by atoms with E-state index in [9.17, 15) is 4.39 Å². The van der Waals surface area contributed by atoms with E-state index in [0.29, 0.717) is 0 Å². The predicted molar refractivity (Wildman–Crippen MR) is 74.3 cm³/mol. The van der Waals surface area contributed by atoms with Crippen LogP contribution in [0.1, 0.15) is 12.5 Å². The molecular formula is C15H16FNS. The van der Waals surface area contributed by atoms with Gasteiger partial charge in [-0.2, -0.15) is 0 Å². The normalized spacial score (nSPS) is 12.4. The first-order chi connectivity index (χ1) is 8.63. The van der Waals surface area contributed by atoms with Crippen LogP contribution in [-0.2, 0) is 6.42 Å². The summed E-state index contributed by atoms with van der Waals surface area (Å²) in [5.74, 6) is -0.200. The quantitative estimate of drug-likeness (QED) is 0.904. The average Bonchev–Trinajstić information content (AvgIpc) is 2.31. The molecule has 3 heteroatoms. The van der Waals surface area contributed by atoms with E-state index in [0.717, 1.165) is 16.2 Å². The van der Waals surface area contributed by atoms with E-state index in [4.69, 9.17) is 5.73 Å². The van der Waals surface area contributed by atoms with Crippen molar-refractivity contribution in [3.05, 3.63) is 59.9 Å². The summed E-state index contributed by atoms with van der Waals surface area (Å²) in [5.41, 5.74) is 6.99. The van der Waals surface area contributed by atoms with Gasteiger partial charge in [0.2, 0.25) is 0 Å². The molecule has 2 aromatic carbocycles. The topological polar surface area (TPSA) is 26.0 Å². The molecule has 0 fully saturated rings. The van der Waals surface area contributed by atoms with Gasteiger partial charge in [0.1, 0.15) is 5.82 Å². The largest absolute Gasteiger partial charge is 0.328 e. The van der Waals surface area contributed by atoms with Crippen LogP contribution in [0, 0.1) is 5.82 Å². The van der Waals surface area contributed by atoms with Crippen molar-refractivity contribution < 1.29 is 4.39 Å². The Labute approximate surface area is 111 Å². The molecular weight excluding hydrogens is 245 g/mol. The van der Waals surface area contributed by atoms with Crippen LogP contribution in [0.3, 0.4) is 0 Å². The molecule has 0 saturated heterocycles. The van der Waals surface area contributed by atoms with Crippen molar-refractivity contribution in [2.45, 2.75) is 29.2 Å². The lowest BCUT2D eigenvalue weighted by molar-refractivity contribution is 0.624. The van der Waals surface area contributed by atoms with E-state index in [1.807, 2.05) is 25.1 Å². The van der Waals surface area contributed by atoms with Gasteiger partial charge in [-0.15, -0.1) is 0 Å². The van der Waals surface area contributed by atoms with Crippen molar-refractivity contribution in [2.75, 3.05) is 0 Å². The van der Waals surface area contributed by atoms with Crippen LogP contribution in [0.15, 0.2) is 58.3 Å². The maximum Gasteiger partial charge on any atom is 0.124 e. The van der Waals surface area contributed by atoms with E-state index < -0.39 is 0 Å². The van der Waals surface area contributed by atoms with Crippen LogP contribution in [0.25, 0.3) is 0 Å². The van der Waals surface area contributed by atoms with Crippen LogP contribution in [0.5, 0.6) is 0 Å². The molecule has 0 aliphatic heterocycles. The Kier molecular flexibility index (Phi) is 4.39. The zero-order valence-corrected chi connectivity index (χ0v) is 11.1. The minimum Gasteiger partial charge on any atom is -0.328 e. The monoisotopic (exact) mass is 261 g/mol. The Bertz CT molecular complexity index is 508. The summed E-state index contributed by atoms with van der Waals surface area (Å²) < 4.78 is 13.1. The first-order valence-corrected chi connectivity index (χ1v) is 6.73. The fourth-order valence-corrected chi connectivity index (χ4v) is 2.59. The van der Waals surface area contributed by atoms with Gasteiger partial charge in [-0.25, -0.2) is 4.39 Å². The lowest BCUT2D eigenvalue weighted by atomic mass is 10.1. The highest BCUT2D eigenvalue weighted by Crippen LogP contribution is 2.28. The fraction of sp³-hybridized carbons (Fsp3) is 0.200. The zero-order chi connectivity index (χ0) is 13.0. The predicted octanol–water partition coefficient (Wildman–Crippen LogP) is 3.87. The van der Waals surface area contributed by atoms with E-state index in [2.05, 4.69) is 12.1 Å². The molecule has 0 saturated carbocycles. The van der Waals surface area contributed by atoms with Crippen molar-refractivity contribution >= 4 is 11.8 Å². The third-order valence-corrected chi connectivity index (χ3v) is 3.51. The second-order valence-electron chi connectivity index (χ2n) is 4.38. The van der Waals surface area contributed by atoms with E-state index in [-0.39, 0.29) is 11.9 Å². The standard InChI is InChI=1S/C15H16FNS/c1-11(17)9-12-5-7-14(8-6-12)18-15-4-2-3-13(16)10-15/h2-8,10-11H,9,17H2,1H3. The SMILES string of the molecule is CC(N)Cc1ccc(Sc2cccc(F)c2)cc1. The maximum atomic E-state index is 13.1. The molecule has 0 heterocycles. The van der Waals surface area contributed by atoms with Crippen LogP contribution in [-0.4, -0.2) is 6.04 Å². The van der Waals surface area contributed by atoms with Gasteiger partial charge < -0.3 is 5.73 Å². The van der Waals surface area contributed by atoms with E-state index in [1.54, 1.807) is 23.9 Å². The van der Waals surface area contributed by atoms with Gasteiger partial charge in [-0.1, -0.05) is 30.0 Å². The summed E-state index contributed by atoms with van der Waals surface area (Å²) in [7, 11) is 0. The Morgan fingerprint density at radius 2 is 1.83 bits per heavy atom.